The second kappa shape index (κ2) is 5.55. The Hall–Kier alpha value is -2.31. The Morgan fingerprint density at radius 3 is 2.89 bits per heavy atom. The molecular formula is C12H16N4O3. The molecule has 1 aromatic heterocycles. The second-order valence-corrected chi connectivity index (χ2v) is 4.46. The molecule has 0 aromatic carbocycles. The number of hydrogen-bond donors (Lipinski definition) is 3. The molecule has 1 aliphatic rings. The lowest BCUT2D eigenvalue weighted by Gasteiger charge is -2.22. The van der Waals surface area contributed by atoms with E-state index >= 15 is 0 Å². The number of hydrogen-bond acceptors (Lipinski definition) is 5. The van der Waals surface area contributed by atoms with Crippen LogP contribution in [0.25, 0.3) is 0 Å². The number of carbonyl (C=O) groups excluding carboxylic acids is 1. The first-order valence-corrected chi connectivity index (χ1v) is 6.04. The number of nitrogens with two attached hydrogens (primary N) is 1. The van der Waals surface area contributed by atoms with Gasteiger partial charge in [-0.2, -0.15) is 0 Å². The Bertz CT molecular complexity index is 500. The van der Waals surface area contributed by atoms with Gasteiger partial charge >= 0.3 is 0 Å². The zero-order valence-electron chi connectivity index (χ0n) is 10.4. The van der Waals surface area contributed by atoms with E-state index in [0.29, 0.717) is 13.0 Å². The first-order valence-electron chi connectivity index (χ1n) is 6.04. The molecule has 1 fully saturated rings. The van der Waals surface area contributed by atoms with Gasteiger partial charge in [-0.1, -0.05) is 5.16 Å². The molecule has 102 valence electrons. The van der Waals surface area contributed by atoms with Gasteiger partial charge in [0.25, 0.3) is 5.91 Å². The molecule has 7 heteroatoms. The molecule has 4 N–H and O–H groups in total. The zero-order valence-corrected chi connectivity index (χ0v) is 10.4. The number of nitrogens with zero attached hydrogens (tertiary/aromatic N) is 3. The van der Waals surface area contributed by atoms with Gasteiger partial charge in [0.15, 0.2) is 0 Å². The molecule has 0 unspecified atom stereocenters. The van der Waals surface area contributed by atoms with Crippen LogP contribution < -0.4 is 5.73 Å². The van der Waals surface area contributed by atoms with Gasteiger partial charge in [0.05, 0.1) is 11.8 Å². The fraction of sp³-hybridized carbons (Fsp3) is 0.417. The Morgan fingerprint density at radius 2 is 2.32 bits per heavy atom. The predicted molar refractivity (Wildman–Crippen MR) is 68.0 cm³/mol. The van der Waals surface area contributed by atoms with Gasteiger partial charge in [0.1, 0.15) is 11.6 Å². The summed E-state index contributed by atoms with van der Waals surface area (Å²) in [5.74, 6) is -0.313. The summed E-state index contributed by atoms with van der Waals surface area (Å²) in [6.07, 6.45) is 4.87. The third kappa shape index (κ3) is 3.12. The van der Waals surface area contributed by atoms with Crippen molar-refractivity contribution in [2.45, 2.75) is 25.3 Å². The van der Waals surface area contributed by atoms with Crippen molar-refractivity contribution in [2.75, 3.05) is 6.54 Å². The minimum Gasteiger partial charge on any atom is -0.505 e. The van der Waals surface area contributed by atoms with Crippen molar-refractivity contribution in [2.24, 2.45) is 10.9 Å². The maximum atomic E-state index is 12.3. The van der Waals surface area contributed by atoms with Crippen LogP contribution >= 0.6 is 0 Å². The highest BCUT2D eigenvalue weighted by atomic mass is 16.4. The van der Waals surface area contributed by atoms with E-state index in [-0.39, 0.29) is 29.1 Å². The molecule has 0 bridgehead atoms. The van der Waals surface area contributed by atoms with Gasteiger partial charge in [0, 0.05) is 25.2 Å². The lowest BCUT2D eigenvalue weighted by molar-refractivity contribution is 0.0744. The average Bonchev–Trinajstić information content (AvgIpc) is 3.23. The summed E-state index contributed by atoms with van der Waals surface area (Å²) in [5.41, 5.74) is 5.64. The quantitative estimate of drug-likeness (QED) is 0.311. The molecule has 2 rings (SSSR count). The largest absolute Gasteiger partial charge is 0.505 e. The molecule has 0 radical (unpaired) electrons. The first-order chi connectivity index (χ1) is 9.13. The fourth-order valence-electron chi connectivity index (χ4n) is 1.84. The number of amides is 1. The molecule has 1 saturated carbocycles. The molecule has 1 amide bonds. The van der Waals surface area contributed by atoms with Crippen molar-refractivity contribution in [1.29, 1.82) is 0 Å². The number of pyridine rings is 1. The van der Waals surface area contributed by atoms with E-state index in [1.165, 1.54) is 18.5 Å². The van der Waals surface area contributed by atoms with E-state index < -0.39 is 0 Å². The van der Waals surface area contributed by atoms with Crippen molar-refractivity contribution in [1.82, 2.24) is 9.88 Å². The third-order valence-electron chi connectivity index (χ3n) is 3.02. The van der Waals surface area contributed by atoms with E-state index in [2.05, 4.69) is 10.1 Å². The summed E-state index contributed by atoms with van der Waals surface area (Å²) in [4.78, 5) is 17.7. The second-order valence-electron chi connectivity index (χ2n) is 4.46. The molecule has 0 spiro atoms. The van der Waals surface area contributed by atoms with E-state index in [9.17, 15) is 9.90 Å². The van der Waals surface area contributed by atoms with Gasteiger partial charge < -0.3 is 20.9 Å². The van der Waals surface area contributed by atoms with Crippen LogP contribution in [0.5, 0.6) is 5.75 Å². The molecular weight excluding hydrogens is 248 g/mol. The van der Waals surface area contributed by atoms with Gasteiger partial charge in [-0.25, -0.2) is 0 Å². The summed E-state index contributed by atoms with van der Waals surface area (Å²) in [5, 5.41) is 21.1. The summed E-state index contributed by atoms with van der Waals surface area (Å²) in [6.45, 7) is 0.362. The topological polar surface area (TPSA) is 112 Å². The Morgan fingerprint density at radius 1 is 1.58 bits per heavy atom. The van der Waals surface area contributed by atoms with Crippen LogP contribution in [0.15, 0.2) is 23.6 Å². The van der Waals surface area contributed by atoms with Crippen LogP contribution in [-0.2, 0) is 0 Å². The predicted octanol–water partition coefficient (Wildman–Crippen LogP) is 0.528. The van der Waals surface area contributed by atoms with E-state index in [1.807, 2.05) is 0 Å². The average molecular weight is 264 g/mol. The maximum absolute atomic E-state index is 12.3. The van der Waals surface area contributed by atoms with Gasteiger partial charge in [0.2, 0.25) is 0 Å². The number of rotatable bonds is 5. The van der Waals surface area contributed by atoms with E-state index in [1.54, 1.807) is 4.90 Å². The van der Waals surface area contributed by atoms with Crippen LogP contribution in [0, 0.1) is 0 Å². The van der Waals surface area contributed by atoms with Crippen molar-refractivity contribution >= 4 is 11.7 Å². The van der Waals surface area contributed by atoms with Crippen molar-refractivity contribution < 1.29 is 15.1 Å². The minimum absolute atomic E-state index is 0.0809. The van der Waals surface area contributed by atoms with E-state index in [0.717, 1.165) is 12.8 Å². The summed E-state index contributed by atoms with van der Waals surface area (Å²) in [7, 11) is 0. The highest BCUT2D eigenvalue weighted by Crippen LogP contribution is 2.29. The normalized spacial score (nSPS) is 15.3. The summed E-state index contributed by atoms with van der Waals surface area (Å²) >= 11 is 0. The molecule has 7 nitrogen and oxygen atoms in total. The summed E-state index contributed by atoms with van der Waals surface area (Å²) in [6, 6.07) is 1.66. The Labute approximate surface area is 110 Å². The van der Waals surface area contributed by atoms with Gasteiger partial charge in [-0.05, 0) is 18.9 Å². The molecule has 0 aliphatic heterocycles. The zero-order chi connectivity index (χ0) is 13.8. The SMILES string of the molecule is N/C(CCN(C(=O)c1ccncc1O)C1CC1)=N/O. The van der Waals surface area contributed by atoms with Crippen LogP contribution in [0.2, 0.25) is 0 Å². The fourth-order valence-corrected chi connectivity index (χ4v) is 1.84. The molecule has 1 aromatic rings. The lowest BCUT2D eigenvalue weighted by atomic mass is 10.2. The molecule has 1 heterocycles. The molecule has 0 saturated heterocycles. The number of carbonyl (C=O) groups is 1. The van der Waals surface area contributed by atoms with Gasteiger partial charge in [-0.15, -0.1) is 0 Å². The molecule has 0 atom stereocenters. The number of oxime groups is 1. The smallest absolute Gasteiger partial charge is 0.257 e. The third-order valence-corrected chi connectivity index (χ3v) is 3.02. The van der Waals surface area contributed by atoms with Crippen molar-refractivity contribution in [3.8, 4) is 5.75 Å². The van der Waals surface area contributed by atoms with Crippen LogP contribution in [0.4, 0.5) is 0 Å². The molecule has 19 heavy (non-hydrogen) atoms. The minimum atomic E-state index is -0.256. The molecule has 1 aliphatic carbocycles. The lowest BCUT2D eigenvalue weighted by Crippen LogP contribution is -2.36. The van der Waals surface area contributed by atoms with Crippen LogP contribution in [-0.4, -0.2) is 44.5 Å². The number of aromatic hydroxyl groups is 1. The van der Waals surface area contributed by atoms with Crippen molar-refractivity contribution in [3.63, 3.8) is 0 Å². The highest BCUT2D eigenvalue weighted by Gasteiger charge is 2.33. The van der Waals surface area contributed by atoms with Crippen LogP contribution in [0.1, 0.15) is 29.6 Å². The Kier molecular flexibility index (Phi) is 3.84. The maximum Gasteiger partial charge on any atom is 0.257 e. The number of amidine groups is 1. The van der Waals surface area contributed by atoms with E-state index in [4.69, 9.17) is 10.9 Å². The standard InChI is InChI=1S/C12H16N4O3/c13-11(15-19)4-6-16(8-1-2-8)12(18)9-3-5-14-7-10(9)17/h3,5,7-8,17,19H,1-2,4,6H2,(H2,13,15). The highest BCUT2D eigenvalue weighted by molar-refractivity contribution is 5.97. The van der Waals surface area contributed by atoms with Crippen LogP contribution in [0.3, 0.4) is 0 Å². The summed E-state index contributed by atoms with van der Waals surface area (Å²) < 4.78 is 0. The Balaban J connectivity index is 2.11. The van der Waals surface area contributed by atoms with Crippen molar-refractivity contribution in [3.05, 3.63) is 24.0 Å². The number of aromatic nitrogens is 1. The monoisotopic (exact) mass is 264 g/mol. The first kappa shape index (κ1) is 13.1. The van der Waals surface area contributed by atoms with Gasteiger partial charge in [-0.3, -0.25) is 9.78 Å².